The molecule has 1 aliphatic rings. The maximum atomic E-state index is 12.9. The van der Waals surface area contributed by atoms with Gasteiger partial charge in [0.2, 0.25) is 11.8 Å². The summed E-state index contributed by atoms with van der Waals surface area (Å²) >= 11 is 0. The molecule has 1 saturated heterocycles. The molecule has 2 N–H and O–H groups in total. The van der Waals surface area contributed by atoms with Crippen molar-refractivity contribution >= 4 is 17.7 Å². The molecule has 0 aromatic carbocycles. The first-order valence-corrected chi connectivity index (χ1v) is 9.07. The molecule has 2 rings (SSSR count). The summed E-state index contributed by atoms with van der Waals surface area (Å²) in [6.07, 6.45) is 4.22. The first kappa shape index (κ1) is 21.1. The van der Waals surface area contributed by atoms with Crippen molar-refractivity contribution in [2.45, 2.75) is 45.2 Å². The van der Waals surface area contributed by atoms with Crippen molar-refractivity contribution in [1.82, 2.24) is 20.5 Å². The van der Waals surface area contributed by atoms with Crippen molar-refractivity contribution in [3.8, 4) is 6.07 Å². The van der Waals surface area contributed by atoms with Crippen LogP contribution in [0, 0.1) is 18.3 Å². The van der Waals surface area contributed by atoms with Crippen molar-refractivity contribution in [3.05, 3.63) is 41.7 Å². The second-order valence-electron chi connectivity index (χ2n) is 7.13. The van der Waals surface area contributed by atoms with E-state index >= 15 is 0 Å². The Labute approximate surface area is 164 Å². The molecule has 2 atom stereocenters. The van der Waals surface area contributed by atoms with Crippen LogP contribution in [0.4, 0.5) is 0 Å². The van der Waals surface area contributed by atoms with Gasteiger partial charge in [0.25, 0.3) is 5.91 Å². The van der Waals surface area contributed by atoms with E-state index in [2.05, 4.69) is 22.2 Å². The Morgan fingerprint density at radius 2 is 2.21 bits per heavy atom. The van der Waals surface area contributed by atoms with Gasteiger partial charge in [0.1, 0.15) is 12.1 Å². The number of nitriles is 1. The van der Waals surface area contributed by atoms with Gasteiger partial charge in [0, 0.05) is 26.2 Å². The second kappa shape index (κ2) is 8.65. The molecule has 1 aliphatic heterocycles. The minimum Gasteiger partial charge on any atom is -0.347 e. The lowest BCUT2D eigenvalue weighted by molar-refractivity contribution is -0.128. The first-order valence-electron chi connectivity index (χ1n) is 9.07. The number of hydrogen-bond acceptors (Lipinski definition) is 5. The van der Waals surface area contributed by atoms with Gasteiger partial charge in [-0.3, -0.25) is 19.4 Å². The maximum absolute atomic E-state index is 12.9. The van der Waals surface area contributed by atoms with E-state index in [0.717, 1.165) is 0 Å². The van der Waals surface area contributed by atoms with Gasteiger partial charge in [0.15, 0.2) is 0 Å². The number of carbonyl (C=O) groups excluding carboxylic acids is 3. The van der Waals surface area contributed by atoms with E-state index < -0.39 is 11.6 Å². The van der Waals surface area contributed by atoms with Crippen molar-refractivity contribution in [2.24, 2.45) is 0 Å². The highest BCUT2D eigenvalue weighted by molar-refractivity contribution is 5.95. The summed E-state index contributed by atoms with van der Waals surface area (Å²) in [6.45, 7) is 9.20. The van der Waals surface area contributed by atoms with E-state index in [1.165, 1.54) is 19.2 Å². The van der Waals surface area contributed by atoms with E-state index in [-0.39, 0.29) is 17.7 Å². The van der Waals surface area contributed by atoms with Crippen LogP contribution in [-0.4, -0.2) is 52.3 Å². The number of aryl methyl sites for hydroxylation is 1. The molecule has 28 heavy (non-hydrogen) atoms. The summed E-state index contributed by atoms with van der Waals surface area (Å²) in [4.78, 5) is 42.3. The van der Waals surface area contributed by atoms with Crippen LogP contribution in [0.3, 0.4) is 0 Å². The van der Waals surface area contributed by atoms with Crippen LogP contribution in [0.25, 0.3) is 0 Å². The van der Waals surface area contributed by atoms with Crippen LogP contribution in [0.15, 0.2) is 24.9 Å². The Kier molecular flexibility index (Phi) is 6.52. The van der Waals surface area contributed by atoms with Gasteiger partial charge in [0.05, 0.1) is 22.4 Å². The average Bonchev–Trinajstić information content (AvgIpc) is 3.05. The molecule has 1 aromatic heterocycles. The molecule has 0 bridgehead atoms. The number of carbonyl (C=O) groups is 3. The number of rotatable bonds is 6. The number of aromatic nitrogens is 1. The standard InChI is InChI=1S/C20H25N5O3/c1-5-6-20(24-18(27)14(3)23-15(4)26)7-8-25(12-20)19(28)17-9-16(10-21)13(2)22-11-17/h5,9,11,14H,1,6-8,12H2,2-4H3,(H,23,26)(H,24,27). The van der Waals surface area contributed by atoms with Crippen LogP contribution in [0.1, 0.15) is 48.3 Å². The van der Waals surface area contributed by atoms with Gasteiger partial charge in [-0.2, -0.15) is 5.26 Å². The van der Waals surface area contributed by atoms with E-state index in [9.17, 15) is 14.4 Å². The Bertz CT molecular complexity index is 845. The largest absolute Gasteiger partial charge is 0.347 e. The van der Waals surface area contributed by atoms with Gasteiger partial charge < -0.3 is 15.5 Å². The van der Waals surface area contributed by atoms with E-state index in [4.69, 9.17) is 5.26 Å². The van der Waals surface area contributed by atoms with Crippen molar-refractivity contribution in [1.29, 1.82) is 5.26 Å². The molecule has 8 heteroatoms. The van der Waals surface area contributed by atoms with Gasteiger partial charge >= 0.3 is 0 Å². The third kappa shape index (κ3) is 4.74. The lowest BCUT2D eigenvalue weighted by Gasteiger charge is -2.31. The molecule has 0 saturated carbocycles. The highest BCUT2D eigenvalue weighted by atomic mass is 16.2. The number of pyridine rings is 1. The predicted molar refractivity (Wildman–Crippen MR) is 103 cm³/mol. The maximum Gasteiger partial charge on any atom is 0.255 e. The van der Waals surface area contributed by atoms with Crippen molar-refractivity contribution in [3.63, 3.8) is 0 Å². The predicted octanol–water partition coefficient (Wildman–Crippen LogP) is 1.06. The molecule has 1 aromatic rings. The summed E-state index contributed by atoms with van der Waals surface area (Å²) in [5, 5.41) is 14.7. The van der Waals surface area contributed by atoms with Crippen molar-refractivity contribution < 1.29 is 14.4 Å². The summed E-state index contributed by atoms with van der Waals surface area (Å²) < 4.78 is 0. The lowest BCUT2D eigenvalue weighted by atomic mass is 9.93. The third-order valence-corrected chi connectivity index (χ3v) is 4.83. The Balaban J connectivity index is 2.15. The molecule has 0 radical (unpaired) electrons. The summed E-state index contributed by atoms with van der Waals surface area (Å²) in [6, 6.07) is 2.89. The Morgan fingerprint density at radius 1 is 1.50 bits per heavy atom. The Hall–Kier alpha value is -3.21. The molecular formula is C20H25N5O3. The Morgan fingerprint density at radius 3 is 2.82 bits per heavy atom. The van der Waals surface area contributed by atoms with Gasteiger partial charge in [-0.25, -0.2) is 0 Å². The molecule has 8 nitrogen and oxygen atoms in total. The first-order chi connectivity index (χ1) is 13.2. The fourth-order valence-corrected chi connectivity index (χ4v) is 3.33. The third-order valence-electron chi connectivity index (χ3n) is 4.83. The zero-order valence-electron chi connectivity index (χ0n) is 16.4. The van der Waals surface area contributed by atoms with E-state index in [1.54, 1.807) is 24.8 Å². The van der Waals surface area contributed by atoms with Crippen LogP contribution < -0.4 is 10.6 Å². The van der Waals surface area contributed by atoms with E-state index in [0.29, 0.717) is 42.8 Å². The number of nitrogens with zero attached hydrogens (tertiary/aromatic N) is 3. The smallest absolute Gasteiger partial charge is 0.255 e. The van der Waals surface area contributed by atoms with Gasteiger partial charge in [-0.15, -0.1) is 6.58 Å². The molecule has 3 amide bonds. The fraction of sp³-hybridized carbons (Fsp3) is 0.450. The molecule has 2 heterocycles. The zero-order chi connectivity index (χ0) is 20.9. The van der Waals surface area contributed by atoms with Crippen LogP contribution in [-0.2, 0) is 9.59 Å². The fourth-order valence-electron chi connectivity index (χ4n) is 3.33. The highest BCUT2D eigenvalue weighted by Gasteiger charge is 2.41. The summed E-state index contributed by atoms with van der Waals surface area (Å²) in [7, 11) is 0. The van der Waals surface area contributed by atoms with Crippen LogP contribution in [0.5, 0.6) is 0 Å². The molecule has 148 valence electrons. The van der Waals surface area contributed by atoms with Crippen LogP contribution >= 0.6 is 0 Å². The van der Waals surface area contributed by atoms with Gasteiger partial charge in [-0.05, 0) is 32.8 Å². The summed E-state index contributed by atoms with van der Waals surface area (Å²) in [5.74, 6) is -0.835. The highest BCUT2D eigenvalue weighted by Crippen LogP contribution is 2.27. The number of nitrogens with one attached hydrogen (secondary N) is 2. The number of amides is 3. The van der Waals surface area contributed by atoms with Crippen molar-refractivity contribution in [2.75, 3.05) is 13.1 Å². The lowest BCUT2D eigenvalue weighted by Crippen LogP contribution is -2.55. The SMILES string of the molecule is C=CCC1(NC(=O)C(C)NC(C)=O)CCN(C(=O)c2cnc(C)c(C#N)c2)C1. The molecule has 2 unspecified atom stereocenters. The monoisotopic (exact) mass is 383 g/mol. The van der Waals surface area contributed by atoms with Gasteiger partial charge in [-0.1, -0.05) is 6.08 Å². The molecule has 0 aliphatic carbocycles. The quantitative estimate of drug-likeness (QED) is 0.713. The average molecular weight is 383 g/mol. The number of hydrogen-bond donors (Lipinski definition) is 2. The second-order valence-corrected chi connectivity index (χ2v) is 7.13. The molecular weight excluding hydrogens is 358 g/mol. The molecule has 1 fully saturated rings. The topological polar surface area (TPSA) is 115 Å². The summed E-state index contributed by atoms with van der Waals surface area (Å²) in [5.41, 5.74) is 0.632. The normalized spacial score (nSPS) is 19.4. The molecule has 0 spiro atoms. The zero-order valence-corrected chi connectivity index (χ0v) is 16.4. The minimum absolute atomic E-state index is 0.237. The van der Waals surface area contributed by atoms with E-state index in [1.807, 2.05) is 6.07 Å². The minimum atomic E-state index is -0.677. The van der Waals surface area contributed by atoms with Crippen LogP contribution in [0.2, 0.25) is 0 Å². The number of likely N-dealkylation sites (tertiary alicyclic amines) is 1.